The number of halogens is 2. The van der Waals surface area contributed by atoms with Gasteiger partial charge in [0.25, 0.3) is 0 Å². The molecule has 0 amide bonds. The Morgan fingerprint density at radius 1 is 1.17 bits per heavy atom. The highest BCUT2D eigenvalue weighted by atomic mass is 35.5. The van der Waals surface area contributed by atoms with E-state index in [4.69, 9.17) is 27.9 Å². The Hall–Kier alpha value is -2.75. The molecule has 0 bridgehead atoms. The summed E-state index contributed by atoms with van der Waals surface area (Å²) in [6.45, 7) is 2.20. The van der Waals surface area contributed by atoms with Gasteiger partial charge in [-0.2, -0.15) is 5.26 Å². The Morgan fingerprint density at radius 3 is 2.67 bits per heavy atom. The second-order valence-corrected chi connectivity index (χ2v) is 8.25. The number of piperidine rings is 1. The molecule has 0 aliphatic carbocycles. The number of fused-ring (bicyclic) bond motifs is 1. The summed E-state index contributed by atoms with van der Waals surface area (Å²) in [5.74, 6) is 2.09. The molecule has 3 aromatic rings. The number of aromatic nitrogens is 2. The Bertz CT molecular complexity index is 1110. The molecule has 0 unspecified atom stereocenters. The van der Waals surface area contributed by atoms with Gasteiger partial charge in [0.05, 0.1) is 23.8 Å². The lowest BCUT2D eigenvalue weighted by Crippen LogP contribution is -2.34. The van der Waals surface area contributed by atoms with E-state index in [1.165, 1.54) is 0 Å². The average molecular weight is 442 g/mol. The first-order valence-corrected chi connectivity index (χ1v) is 10.6. The number of hydrogen-bond acceptors (Lipinski definition) is 6. The third kappa shape index (κ3) is 4.23. The van der Waals surface area contributed by atoms with Gasteiger partial charge < -0.3 is 15.0 Å². The molecule has 1 N–H and O–H groups in total. The SMILES string of the molecule is COc1ccc(CNc2nnc(N3CCC(Cl)CC3)c3ccc(C#N)cc23)cc1Cl. The molecule has 1 saturated heterocycles. The number of benzene rings is 2. The second kappa shape index (κ2) is 8.95. The maximum absolute atomic E-state index is 9.36. The van der Waals surface area contributed by atoms with Crippen LogP contribution >= 0.6 is 23.2 Å². The minimum absolute atomic E-state index is 0.211. The number of anilines is 2. The lowest BCUT2D eigenvalue weighted by atomic mass is 10.1. The van der Waals surface area contributed by atoms with Crippen LogP contribution in [0.2, 0.25) is 5.02 Å². The van der Waals surface area contributed by atoms with E-state index in [1.807, 2.05) is 36.4 Å². The van der Waals surface area contributed by atoms with Gasteiger partial charge in [-0.15, -0.1) is 21.8 Å². The lowest BCUT2D eigenvalue weighted by molar-refractivity contribution is 0.415. The van der Waals surface area contributed by atoms with Crippen LogP contribution in [0.3, 0.4) is 0 Å². The molecule has 1 aromatic heterocycles. The van der Waals surface area contributed by atoms with E-state index in [1.54, 1.807) is 7.11 Å². The highest BCUT2D eigenvalue weighted by Gasteiger charge is 2.21. The largest absolute Gasteiger partial charge is 0.495 e. The van der Waals surface area contributed by atoms with Crippen LogP contribution in [0.5, 0.6) is 5.75 Å². The van der Waals surface area contributed by atoms with Crippen molar-refractivity contribution in [2.75, 3.05) is 30.4 Å². The van der Waals surface area contributed by atoms with Crippen LogP contribution in [0.4, 0.5) is 11.6 Å². The minimum atomic E-state index is 0.211. The van der Waals surface area contributed by atoms with Crippen LogP contribution < -0.4 is 15.0 Å². The molecule has 2 aromatic carbocycles. The Kier molecular flexibility index (Phi) is 6.12. The van der Waals surface area contributed by atoms with Gasteiger partial charge in [-0.1, -0.05) is 17.7 Å². The number of nitrogens with zero attached hydrogens (tertiary/aromatic N) is 4. The van der Waals surface area contributed by atoms with Gasteiger partial charge in [0.15, 0.2) is 11.6 Å². The Morgan fingerprint density at radius 2 is 1.97 bits per heavy atom. The first-order chi connectivity index (χ1) is 14.6. The summed E-state index contributed by atoms with van der Waals surface area (Å²) in [5, 5.41) is 24.3. The first kappa shape index (κ1) is 20.5. The van der Waals surface area contributed by atoms with Crippen LogP contribution in [0.25, 0.3) is 10.8 Å². The Balaban J connectivity index is 1.65. The quantitative estimate of drug-likeness (QED) is 0.562. The van der Waals surface area contributed by atoms with Crippen molar-refractivity contribution < 1.29 is 4.74 Å². The van der Waals surface area contributed by atoms with Crippen molar-refractivity contribution >= 4 is 45.6 Å². The van der Waals surface area contributed by atoms with Crippen LogP contribution in [0.1, 0.15) is 24.0 Å². The molecule has 4 rings (SSSR count). The van der Waals surface area contributed by atoms with E-state index in [0.29, 0.717) is 28.7 Å². The molecule has 0 saturated carbocycles. The molecule has 30 heavy (non-hydrogen) atoms. The molecule has 0 atom stereocenters. The van der Waals surface area contributed by atoms with Crippen molar-refractivity contribution in [1.82, 2.24) is 10.2 Å². The van der Waals surface area contributed by atoms with E-state index < -0.39 is 0 Å². The summed E-state index contributed by atoms with van der Waals surface area (Å²) in [4.78, 5) is 2.22. The molecule has 1 fully saturated rings. The van der Waals surface area contributed by atoms with Gasteiger partial charge >= 0.3 is 0 Å². The molecule has 1 aliphatic heterocycles. The number of ether oxygens (including phenoxy) is 1. The fourth-order valence-electron chi connectivity index (χ4n) is 3.64. The molecule has 8 heteroatoms. The second-order valence-electron chi connectivity index (χ2n) is 7.23. The number of nitriles is 1. The van der Waals surface area contributed by atoms with E-state index in [0.717, 1.165) is 48.1 Å². The van der Waals surface area contributed by atoms with Gasteiger partial charge in [0.1, 0.15) is 5.75 Å². The van der Waals surface area contributed by atoms with Gasteiger partial charge in [-0.05, 0) is 48.7 Å². The number of rotatable bonds is 5. The standard InChI is InChI=1S/C22H21Cl2N5O/c1-30-20-5-3-15(11-19(20)24)13-26-21-18-10-14(12-25)2-4-17(18)22(28-27-21)29-8-6-16(23)7-9-29/h2-5,10-11,16H,6-9,13H2,1H3,(H,26,27). The van der Waals surface area contributed by atoms with E-state index >= 15 is 0 Å². The molecule has 2 heterocycles. The van der Waals surface area contributed by atoms with Crippen molar-refractivity contribution in [1.29, 1.82) is 5.26 Å². The zero-order chi connectivity index (χ0) is 21.1. The molecule has 0 radical (unpaired) electrons. The highest BCUT2D eigenvalue weighted by molar-refractivity contribution is 6.32. The molecule has 6 nitrogen and oxygen atoms in total. The van der Waals surface area contributed by atoms with Gasteiger partial charge in [-0.25, -0.2) is 0 Å². The van der Waals surface area contributed by atoms with Crippen molar-refractivity contribution in [2.45, 2.75) is 24.8 Å². The fraction of sp³-hybridized carbons (Fsp3) is 0.318. The summed E-state index contributed by atoms with van der Waals surface area (Å²) in [5.41, 5.74) is 1.57. The third-order valence-electron chi connectivity index (χ3n) is 5.29. The number of nitrogens with one attached hydrogen (secondary N) is 1. The van der Waals surface area contributed by atoms with Crippen LogP contribution in [0, 0.1) is 11.3 Å². The van der Waals surface area contributed by atoms with Crippen molar-refractivity contribution in [2.24, 2.45) is 0 Å². The molecule has 0 spiro atoms. The summed E-state index contributed by atoms with van der Waals surface area (Å²) in [7, 11) is 1.59. The predicted molar refractivity (Wildman–Crippen MR) is 121 cm³/mol. The number of methoxy groups -OCH3 is 1. The first-order valence-electron chi connectivity index (χ1n) is 9.75. The minimum Gasteiger partial charge on any atom is -0.495 e. The number of hydrogen-bond donors (Lipinski definition) is 1. The van der Waals surface area contributed by atoms with E-state index in [-0.39, 0.29) is 5.38 Å². The summed E-state index contributed by atoms with van der Waals surface area (Å²) in [6.07, 6.45) is 1.83. The number of alkyl halides is 1. The van der Waals surface area contributed by atoms with Crippen LogP contribution in [0.15, 0.2) is 36.4 Å². The van der Waals surface area contributed by atoms with Crippen LogP contribution in [-0.2, 0) is 6.54 Å². The predicted octanol–water partition coefficient (Wildman–Crippen LogP) is 4.98. The maximum atomic E-state index is 9.36. The molecular formula is C22H21Cl2N5O. The highest BCUT2D eigenvalue weighted by Crippen LogP contribution is 2.32. The molecule has 154 valence electrons. The van der Waals surface area contributed by atoms with Gasteiger partial charge in [0.2, 0.25) is 0 Å². The van der Waals surface area contributed by atoms with E-state index in [9.17, 15) is 5.26 Å². The zero-order valence-electron chi connectivity index (χ0n) is 16.5. The zero-order valence-corrected chi connectivity index (χ0v) is 18.0. The maximum Gasteiger partial charge on any atom is 0.159 e. The lowest BCUT2D eigenvalue weighted by Gasteiger charge is -2.30. The summed E-state index contributed by atoms with van der Waals surface area (Å²) < 4.78 is 5.21. The van der Waals surface area contributed by atoms with Gasteiger partial charge in [0, 0.05) is 35.8 Å². The smallest absolute Gasteiger partial charge is 0.159 e. The topological polar surface area (TPSA) is 74.1 Å². The van der Waals surface area contributed by atoms with Crippen molar-refractivity contribution in [3.63, 3.8) is 0 Å². The normalized spacial score (nSPS) is 14.5. The van der Waals surface area contributed by atoms with Crippen LogP contribution in [-0.4, -0.2) is 35.8 Å². The average Bonchev–Trinajstić information content (AvgIpc) is 2.77. The van der Waals surface area contributed by atoms with E-state index in [2.05, 4.69) is 26.5 Å². The van der Waals surface area contributed by atoms with Gasteiger partial charge in [-0.3, -0.25) is 0 Å². The summed E-state index contributed by atoms with van der Waals surface area (Å²) >= 11 is 12.5. The fourth-order valence-corrected chi connectivity index (χ4v) is 4.11. The van der Waals surface area contributed by atoms with Crippen molar-refractivity contribution in [3.8, 4) is 11.8 Å². The third-order valence-corrected chi connectivity index (χ3v) is 6.02. The molecular weight excluding hydrogens is 421 g/mol. The molecule has 1 aliphatic rings. The monoisotopic (exact) mass is 441 g/mol. The summed E-state index contributed by atoms with van der Waals surface area (Å²) in [6, 6.07) is 13.5. The Labute approximate surface area is 185 Å². The van der Waals surface area contributed by atoms with Crippen molar-refractivity contribution in [3.05, 3.63) is 52.5 Å².